The van der Waals surface area contributed by atoms with Crippen molar-refractivity contribution in [1.29, 1.82) is 0 Å². The molecule has 1 aliphatic rings. The Morgan fingerprint density at radius 1 is 1.07 bits per heavy atom. The molecule has 29 heavy (non-hydrogen) atoms. The Kier molecular flexibility index (Phi) is 5.67. The van der Waals surface area contributed by atoms with Gasteiger partial charge in [0.25, 0.3) is 11.8 Å². The molecular weight excluding hydrogens is 386 g/mol. The average Bonchev–Trinajstić information content (AvgIpc) is 3.26. The molecule has 2 amide bonds. The highest BCUT2D eigenvalue weighted by atomic mass is 32.2. The number of thioether (sulfide) groups is 1. The van der Waals surface area contributed by atoms with Gasteiger partial charge in [-0.25, -0.2) is 0 Å². The minimum atomic E-state index is -0.355. The topological polar surface area (TPSA) is 75.4 Å². The highest BCUT2D eigenvalue weighted by molar-refractivity contribution is 7.99. The highest BCUT2D eigenvalue weighted by Gasteiger charge is 2.20. The summed E-state index contributed by atoms with van der Waals surface area (Å²) in [5.41, 5.74) is 3.16. The molecule has 4 rings (SSSR count). The third kappa shape index (κ3) is 4.35. The van der Waals surface area contributed by atoms with Crippen molar-refractivity contribution in [3.05, 3.63) is 71.4 Å². The number of carbonyl (C=O) groups excluding carboxylic acids is 2. The van der Waals surface area contributed by atoms with Gasteiger partial charge >= 0.3 is 0 Å². The van der Waals surface area contributed by atoms with Gasteiger partial charge in [0.15, 0.2) is 11.5 Å². The second-order valence-electron chi connectivity index (χ2n) is 6.83. The summed E-state index contributed by atoms with van der Waals surface area (Å²) in [5, 5.41) is 6.72. The molecule has 1 aliphatic heterocycles. The molecule has 1 fully saturated rings. The summed E-state index contributed by atoms with van der Waals surface area (Å²) < 4.78 is 5.29. The predicted octanol–water partition coefficient (Wildman–Crippen LogP) is 4.09. The first-order chi connectivity index (χ1) is 14.1. The molecule has 7 heteroatoms. The number of nitrogens with zero attached hydrogens (tertiary/aromatic N) is 2. The molecule has 0 radical (unpaired) electrons. The number of carbonyl (C=O) groups is 2. The summed E-state index contributed by atoms with van der Waals surface area (Å²) in [5.74, 6) is 2.16. The molecule has 3 aromatic rings. The average molecular weight is 407 g/mol. The van der Waals surface area contributed by atoms with Gasteiger partial charge in [-0.3, -0.25) is 9.59 Å². The van der Waals surface area contributed by atoms with Crippen LogP contribution in [0.15, 0.2) is 59.1 Å². The van der Waals surface area contributed by atoms with E-state index in [0.29, 0.717) is 17.0 Å². The highest BCUT2D eigenvalue weighted by Crippen LogP contribution is 2.22. The lowest BCUT2D eigenvalue weighted by molar-refractivity contribution is 0.0772. The van der Waals surface area contributed by atoms with Crippen molar-refractivity contribution in [3.63, 3.8) is 0 Å². The summed E-state index contributed by atoms with van der Waals surface area (Å²) in [6, 6.07) is 16.4. The lowest BCUT2D eigenvalue weighted by Gasteiger charge is -2.26. The molecule has 1 N–H and O–H groups in total. The van der Waals surface area contributed by atoms with Crippen molar-refractivity contribution in [2.45, 2.75) is 6.92 Å². The first-order valence-corrected chi connectivity index (χ1v) is 10.6. The van der Waals surface area contributed by atoms with E-state index in [1.165, 1.54) is 0 Å². The lowest BCUT2D eigenvalue weighted by atomic mass is 10.1. The van der Waals surface area contributed by atoms with E-state index < -0.39 is 0 Å². The fraction of sp³-hybridized carbons (Fsp3) is 0.227. The van der Waals surface area contributed by atoms with E-state index in [0.717, 1.165) is 35.7 Å². The van der Waals surface area contributed by atoms with E-state index in [4.69, 9.17) is 4.52 Å². The van der Waals surface area contributed by atoms with Crippen LogP contribution in [0.3, 0.4) is 0 Å². The zero-order valence-electron chi connectivity index (χ0n) is 16.1. The van der Waals surface area contributed by atoms with Crippen LogP contribution in [-0.4, -0.2) is 46.5 Å². The molecule has 2 heterocycles. The van der Waals surface area contributed by atoms with Gasteiger partial charge in [0.05, 0.1) is 0 Å². The van der Waals surface area contributed by atoms with Crippen LogP contribution < -0.4 is 5.32 Å². The van der Waals surface area contributed by atoms with Gasteiger partial charge in [0.1, 0.15) is 0 Å². The monoisotopic (exact) mass is 407 g/mol. The maximum atomic E-state index is 12.7. The van der Waals surface area contributed by atoms with Crippen molar-refractivity contribution in [2.24, 2.45) is 0 Å². The maximum Gasteiger partial charge on any atom is 0.277 e. The molecule has 1 saturated heterocycles. The molecule has 1 aromatic heterocycles. The van der Waals surface area contributed by atoms with Gasteiger partial charge in [-0.15, -0.1) is 0 Å². The first-order valence-electron chi connectivity index (χ1n) is 9.43. The number of nitrogens with one attached hydrogen (secondary N) is 1. The second-order valence-corrected chi connectivity index (χ2v) is 8.06. The van der Waals surface area contributed by atoms with Crippen molar-refractivity contribution < 1.29 is 14.1 Å². The Hall–Kier alpha value is -3.06. The van der Waals surface area contributed by atoms with Crippen LogP contribution >= 0.6 is 11.8 Å². The Morgan fingerprint density at radius 3 is 2.55 bits per heavy atom. The van der Waals surface area contributed by atoms with Gasteiger partial charge in [-0.1, -0.05) is 35.5 Å². The summed E-state index contributed by atoms with van der Waals surface area (Å²) >= 11 is 1.87. The van der Waals surface area contributed by atoms with Crippen LogP contribution in [0.2, 0.25) is 0 Å². The molecule has 6 nitrogen and oxygen atoms in total. The van der Waals surface area contributed by atoms with E-state index >= 15 is 0 Å². The number of anilines is 1. The first kappa shape index (κ1) is 19.3. The number of rotatable bonds is 4. The SMILES string of the molecule is Cc1cc(C(=O)N2CCSCC2)ccc1NC(=O)c1cc(-c2ccccc2)on1. The lowest BCUT2D eigenvalue weighted by Crippen LogP contribution is -2.37. The number of amides is 2. The zero-order valence-corrected chi connectivity index (χ0v) is 16.9. The smallest absolute Gasteiger partial charge is 0.277 e. The second kappa shape index (κ2) is 8.53. The third-order valence-electron chi connectivity index (χ3n) is 4.82. The van der Waals surface area contributed by atoms with Gasteiger partial charge in [0, 0.05) is 47.5 Å². The van der Waals surface area contributed by atoms with Crippen LogP contribution in [0.4, 0.5) is 5.69 Å². The van der Waals surface area contributed by atoms with Crippen molar-refractivity contribution in [1.82, 2.24) is 10.1 Å². The molecular formula is C22H21N3O3S. The van der Waals surface area contributed by atoms with Crippen molar-refractivity contribution in [2.75, 3.05) is 29.9 Å². The molecule has 0 atom stereocenters. The number of hydrogen-bond donors (Lipinski definition) is 1. The molecule has 0 aliphatic carbocycles. The van der Waals surface area contributed by atoms with E-state index in [-0.39, 0.29) is 17.5 Å². The van der Waals surface area contributed by atoms with Gasteiger partial charge in [0.2, 0.25) is 0 Å². The Bertz CT molecular complexity index is 1030. The van der Waals surface area contributed by atoms with Crippen LogP contribution in [0.5, 0.6) is 0 Å². The summed E-state index contributed by atoms with van der Waals surface area (Å²) in [6.07, 6.45) is 0. The number of benzene rings is 2. The molecule has 2 aromatic carbocycles. The number of aromatic nitrogens is 1. The summed E-state index contributed by atoms with van der Waals surface area (Å²) in [6.45, 7) is 3.42. The Balaban J connectivity index is 1.46. The fourth-order valence-electron chi connectivity index (χ4n) is 3.19. The third-order valence-corrected chi connectivity index (χ3v) is 5.76. The molecule has 0 unspecified atom stereocenters. The zero-order chi connectivity index (χ0) is 20.2. The summed E-state index contributed by atoms with van der Waals surface area (Å²) in [4.78, 5) is 27.1. The minimum absolute atomic E-state index is 0.0373. The predicted molar refractivity (Wildman–Crippen MR) is 114 cm³/mol. The molecule has 0 spiro atoms. The minimum Gasteiger partial charge on any atom is -0.355 e. The van der Waals surface area contributed by atoms with Crippen LogP contribution in [0.1, 0.15) is 26.4 Å². The van der Waals surface area contributed by atoms with Gasteiger partial charge < -0.3 is 14.7 Å². The number of hydrogen-bond acceptors (Lipinski definition) is 5. The largest absolute Gasteiger partial charge is 0.355 e. The standard InChI is InChI=1S/C22H21N3O3S/c1-15-13-17(22(27)25-9-11-29-12-10-25)7-8-18(15)23-21(26)19-14-20(28-24-19)16-5-3-2-4-6-16/h2-8,13-14H,9-12H2,1H3,(H,23,26). The normalized spacial score (nSPS) is 13.9. The Morgan fingerprint density at radius 2 is 1.83 bits per heavy atom. The molecule has 0 saturated carbocycles. The van der Waals surface area contributed by atoms with E-state index in [1.54, 1.807) is 18.2 Å². The van der Waals surface area contributed by atoms with Crippen LogP contribution in [0, 0.1) is 6.92 Å². The maximum absolute atomic E-state index is 12.7. The molecule has 148 valence electrons. The number of aryl methyl sites for hydroxylation is 1. The van der Waals surface area contributed by atoms with Crippen molar-refractivity contribution in [3.8, 4) is 11.3 Å². The van der Waals surface area contributed by atoms with Crippen LogP contribution in [0.25, 0.3) is 11.3 Å². The Labute approximate surface area is 173 Å². The van der Waals surface area contributed by atoms with Gasteiger partial charge in [-0.2, -0.15) is 11.8 Å². The van der Waals surface area contributed by atoms with E-state index in [9.17, 15) is 9.59 Å². The van der Waals surface area contributed by atoms with E-state index in [1.807, 2.05) is 60.0 Å². The fourth-order valence-corrected chi connectivity index (χ4v) is 4.10. The van der Waals surface area contributed by atoms with Crippen molar-refractivity contribution >= 4 is 29.3 Å². The van der Waals surface area contributed by atoms with Gasteiger partial charge in [-0.05, 0) is 30.7 Å². The van der Waals surface area contributed by atoms with Crippen LogP contribution in [-0.2, 0) is 0 Å². The quantitative estimate of drug-likeness (QED) is 0.705. The van der Waals surface area contributed by atoms with E-state index in [2.05, 4.69) is 10.5 Å². The molecule has 0 bridgehead atoms. The summed E-state index contributed by atoms with van der Waals surface area (Å²) in [7, 11) is 0.